The highest BCUT2D eigenvalue weighted by Crippen LogP contribution is 2.34. The van der Waals surface area contributed by atoms with Gasteiger partial charge in [0.15, 0.2) is 5.13 Å². The van der Waals surface area contributed by atoms with E-state index >= 15 is 0 Å². The third-order valence-corrected chi connectivity index (χ3v) is 6.47. The molecule has 4 rings (SSSR count). The summed E-state index contributed by atoms with van der Waals surface area (Å²) >= 11 is 2.68. The molecule has 0 aliphatic heterocycles. The number of amides is 1. The molecular weight excluding hydrogens is 376 g/mol. The van der Waals surface area contributed by atoms with E-state index in [0.717, 1.165) is 32.9 Å². The smallest absolute Gasteiger partial charge is 0.274 e. The molecule has 7 heteroatoms. The van der Waals surface area contributed by atoms with Crippen molar-refractivity contribution in [3.63, 3.8) is 0 Å². The molecule has 0 radical (unpaired) electrons. The second-order valence-corrected chi connectivity index (χ2v) is 8.17. The first kappa shape index (κ1) is 17.8. The Labute approximate surface area is 165 Å². The highest BCUT2D eigenvalue weighted by molar-refractivity contribution is 7.22. The Morgan fingerprint density at radius 3 is 2.44 bits per heavy atom. The van der Waals surface area contributed by atoms with Gasteiger partial charge < -0.3 is 0 Å². The van der Waals surface area contributed by atoms with E-state index in [1.807, 2.05) is 44.2 Å². The van der Waals surface area contributed by atoms with Gasteiger partial charge in [0.2, 0.25) is 0 Å². The van der Waals surface area contributed by atoms with E-state index in [2.05, 4.69) is 28.6 Å². The molecule has 27 heavy (non-hydrogen) atoms. The first-order chi connectivity index (χ1) is 13.0. The van der Waals surface area contributed by atoms with Crippen molar-refractivity contribution in [2.75, 3.05) is 4.90 Å². The summed E-state index contributed by atoms with van der Waals surface area (Å²) in [7, 11) is 0. The lowest BCUT2D eigenvalue weighted by molar-refractivity contribution is 0.0988. The van der Waals surface area contributed by atoms with Crippen LogP contribution >= 0.6 is 22.9 Å². The second-order valence-electron chi connectivity index (χ2n) is 6.44. The molecule has 2 aromatic heterocycles. The number of hydrogen-bond acceptors (Lipinski definition) is 6. The molecule has 0 atom stereocenters. The molecule has 2 aromatic carbocycles. The van der Waals surface area contributed by atoms with Crippen molar-refractivity contribution >= 4 is 44.1 Å². The van der Waals surface area contributed by atoms with Crippen LogP contribution in [0.5, 0.6) is 0 Å². The van der Waals surface area contributed by atoms with Crippen molar-refractivity contribution < 1.29 is 4.79 Å². The lowest BCUT2D eigenvalue weighted by Crippen LogP contribution is -2.30. The van der Waals surface area contributed by atoms with E-state index in [0.29, 0.717) is 22.2 Å². The average Bonchev–Trinajstić information content (AvgIpc) is 3.30. The first-order valence-electron chi connectivity index (χ1n) is 8.56. The fraction of sp³-hybridized carbons (Fsp3) is 0.200. The highest BCUT2D eigenvalue weighted by atomic mass is 32.1. The molecule has 2 heterocycles. The van der Waals surface area contributed by atoms with Gasteiger partial charge in [-0.25, -0.2) is 4.98 Å². The standard InChI is InChI=1S/C20H18N4OS2/c1-12-9-10-13(2)17-16(12)21-20(26-17)24(11-15-7-5-4-6-8-15)19(25)18-14(3)22-23-27-18/h4-10H,11H2,1-3H3. The number of nitrogens with zero attached hydrogens (tertiary/aromatic N) is 4. The summed E-state index contributed by atoms with van der Waals surface area (Å²) in [4.78, 5) is 20.4. The molecule has 1 amide bonds. The van der Waals surface area contributed by atoms with E-state index in [9.17, 15) is 4.79 Å². The summed E-state index contributed by atoms with van der Waals surface area (Å²) in [6, 6.07) is 14.1. The summed E-state index contributed by atoms with van der Waals surface area (Å²) in [6.07, 6.45) is 0. The van der Waals surface area contributed by atoms with Crippen LogP contribution in [0.3, 0.4) is 0 Å². The molecule has 5 nitrogen and oxygen atoms in total. The van der Waals surface area contributed by atoms with Crippen molar-refractivity contribution in [1.29, 1.82) is 0 Å². The third kappa shape index (κ3) is 3.36. The molecule has 0 bridgehead atoms. The quantitative estimate of drug-likeness (QED) is 0.493. The lowest BCUT2D eigenvalue weighted by atomic mass is 10.1. The van der Waals surface area contributed by atoms with Gasteiger partial charge in [0.25, 0.3) is 5.91 Å². The zero-order valence-electron chi connectivity index (χ0n) is 15.3. The van der Waals surface area contributed by atoms with Gasteiger partial charge in [-0.1, -0.05) is 58.3 Å². The summed E-state index contributed by atoms with van der Waals surface area (Å²) in [6.45, 7) is 6.38. The Hall–Kier alpha value is -2.64. The summed E-state index contributed by atoms with van der Waals surface area (Å²) in [5.41, 5.74) is 4.94. The van der Waals surface area contributed by atoms with E-state index in [1.54, 1.807) is 16.2 Å². The minimum absolute atomic E-state index is 0.110. The molecule has 0 N–H and O–H groups in total. The van der Waals surface area contributed by atoms with Crippen molar-refractivity contribution in [3.8, 4) is 0 Å². The van der Waals surface area contributed by atoms with Crippen molar-refractivity contribution in [3.05, 3.63) is 69.7 Å². The summed E-state index contributed by atoms with van der Waals surface area (Å²) < 4.78 is 5.04. The van der Waals surface area contributed by atoms with Crippen LogP contribution in [0.25, 0.3) is 10.2 Å². The van der Waals surface area contributed by atoms with Crippen LogP contribution in [0.15, 0.2) is 42.5 Å². The molecule has 4 aromatic rings. The van der Waals surface area contributed by atoms with Crippen molar-refractivity contribution in [1.82, 2.24) is 14.6 Å². The largest absolute Gasteiger partial charge is 0.279 e. The molecule has 136 valence electrons. The van der Waals surface area contributed by atoms with Gasteiger partial charge in [-0.15, -0.1) is 5.10 Å². The number of anilines is 1. The zero-order valence-corrected chi connectivity index (χ0v) is 16.9. The van der Waals surface area contributed by atoms with Crippen LogP contribution in [-0.2, 0) is 6.54 Å². The molecule has 0 saturated carbocycles. The van der Waals surface area contributed by atoms with Gasteiger partial charge in [-0.3, -0.25) is 9.69 Å². The van der Waals surface area contributed by atoms with E-state index in [4.69, 9.17) is 4.98 Å². The zero-order chi connectivity index (χ0) is 19.0. The van der Waals surface area contributed by atoms with Gasteiger partial charge in [0.05, 0.1) is 22.5 Å². The Morgan fingerprint density at radius 1 is 1.04 bits per heavy atom. The summed E-state index contributed by atoms with van der Waals surface area (Å²) in [5, 5.41) is 4.69. The molecule has 0 aliphatic rings. The van der Waals surface area contributed by atoms with Crippen LogP contribution < -0.4 is 4.90 Å². The monoisotopic (exact) mass is 394 g/mol. The van der Waals surface area contributed by atoms with Crippen LogP contribution in [0.2, 0.25) is 0 Å². The van der Waals surface area contributed by atoms with E-state index in [-0.39, 0.29) is 5.91 Å². The molecule has 0 aliphatic carbocycles. The van der Waals surface area contributed by atoms with E-state index in [1.165, 1.54) is 5.56 Å². The second kappa shape index (κ2) is 7.17. The summed E-state index contributed by atoms with van der Waals surface area (Å²) in [5.74, 6) is -0.110. The first-order valence-corrected chi connectivity index (χ1v) is 10.1. The third-order valence-electron chi connectivity index (χ3n) is 4.44. The van der Waals surface area contributed by atoms with Gasteiger partial charge in [0, 0.05) is 0 Å². The topological polar surface area (TPSA) is 59.0 Å². The van der Waals surface area contributed by atoms with Crippen molar-refractivity contribution in [2.45, 2.75) is 27.3 Å². The average molecular weight is 395 g/mol. The van der Waals surface area contributed by atoms with E-state index < -0.39 is 0 Å². The molecule has 0 spiro atoms. The Kier molecular flexibility index (Phi) is 4.72. The minimum atomic E-state index is -0.110. The number of fused-ring (bicyclic) bond motifs is 1. The van der Waals surface area contributed by atoms with Gasteiger partial charge in [-0.05, 0) is 49.0 Å². The number of thiazole rings is 1. The predicted molar refractivity (Wildman–Crippen MR) is 111 cm³/mol. The minimum Gasteiger partial charge on any atom is -0.279 e. The van der Waals surface area contributed by atoms with Crippen LogP contribution in [0.4, 0.5) is 5.13 Å². The van der Waals surface area contributed by atoms with Crippen LogP contribution in [0, 0.1) is 20.8 Å². The molecule has 0 saturated heterocycles. The maximum Gasteiger partial charge on any atom is 0.274 e. The maximum atomic E-state index is 13.3. The number of carbonyl (C=O) groups is 1. The fourth-order valence-corrected chi connectivity index (χ4v) is 4.62. The fourth-order valence-electron chi connectivity index (χ4n) is 2.91. The SMILES string of the molecule is Cc1nnsc1C(=O)N(Cc1ccccc1)c1nc2c(C)ccc(C)c2s1. The number of aryl methyl sites for hydroxylation is 3. The lowest BCUT2D eigenvalue weighted by Gasteiger charge is -2.19. The molecule has 0 fully saturated rings. The molecule has 0 unspecified atom stereocenters. The predicted octanol–water partition coefficient (Wildman–Crippen LogP) is 4.92. The van der Waals surface area contributed by atoms with Gasteiger partial charge in [0.1, 0.15) is 4.88 Å². The van der Waals surface area contributed by atoms with Crippen LogP contribution in [0.1, 0.15) is 32.1 Å². The number of carbonyl (C=O) groups excluding carboxylic acids is 1. The van der Waals surface area contributed by atoms with Gasteiger partial charge >= 0.3 is 0 Å². The Bertz CT molecular complexity index is 1080. The molecular formula is C20H18N4OS2. The van der Waals surface area contributed by atoms with Crippen molar-refractivity contribution in [2.24, 2.45) is 0 Å². The van der Waals surface area contributed by atoms with Crippen LogP contribution in [-0.4, -0.2) is 20.5 Å². The number of aromatic nitrogens is 3. The Morgan fingerprint density at radius 2 is 1.78 bits per heavy atom. The Balaban J connectivity index is 1.82. The van der Waals surface area contributed by atoms with Gasteiger partial charge in [-0.2, -0.15) is 0 Å². The highest BCUT2D eigenvalue weighted by Gasteiger charge is 2.25. The number of rotatable bonds is 4. The maximum absolute atomic E-state index is 13.3. The number of benzene rings is 2. The normalized spacial score (nSPS) is 11.1. The number of hydrogen-bond donors (Lipinski definition) is 0.